The van der Waals surface area contributed by atoms with Crippen LogP contribution < -0.4 is 5.32 Å². The molecule has 3 heterocycles. The molecule has 0 saturated carbocycles. The fourth-order valence-corrected chi connectivity index (χ4v) is 5.21. The first-order chi connectivity index (χ1) is 16.7. The predicted octanol–water partition coefficient (Wildman–Crippen LogP) is 2.93. The van der Waals surface area contributed by atoms with E-state index in [4.69, 9.17) is 4.74 Å². The molecular formula is C22H28F3N5O5S. The lowest BCUT2D eigenvalue weighted by Crippen LogP contribution is -2.43. The third kappa shape index (κ3) is 6.40. The molecule has 0 unspecified atom stereocenters. The van der Waals surface area contributed by atoms with Crippen molar-refractivity contribution in [3.63, 3.8) is 0 Å². The molecule has 0 radical (unpaired) electrons. The van der Waals surface area contributed by atoms with Gasteiger partial charge in [-0.1, -0.05) is 0 Å². The highest BCUT2D eigenvalue weighted by Crippen LogP contribution is 2.29. The van der Waals surface area contributed by atoms with Gasteiger partial charge in [0.15, 0.2) is 5.03 Å². The second-order valence-electron chi connectivity index (χ2n) is 9.20. The Kier molecular flexibility index (Phi) is 8.08. The number of methoxy groups -OCH3 is 1. The van der Waals surface area contributed by atoms with Crippen LogP contribution in [0.5, 0.6) is 0 Å². The lowest BCUT2D eigenvalue weighted by molar-refractivity contribution is -0.151. The molecule has 0 spiro atoms. The van der Waals surface area contributed by atoms with Gasteiger partial charge in [-0.3, -0.25) is 9.59 Å². The van der Waals surface area contributed by atoms with Gasteiger partial charge in [-0.2, -0.15) is 17.5 Å². The minimum atomic E-state index is -4.54. The number of rotatable bonds is 8. The van der Waals surface area contributed by atoms with Crippen molar-refractivity contribution < 1.29 is 35.9 Å². The number of imidazole rings is 1. The standard InChI is InChI=1S/C22H28F3N5O5S/c1-21(2,20(32)35-3)8-10-29-13-18(27-14-29)36(33,34)30-9-4-5-15(12-30)19(31)28-17-7-6-16(11-26-17)22(23,24)25/h6-7,11,13-15H,4-5,8-10,12H2,1-3H3,(H,26,28,31)/t15-/m1/s1. The number of nitrogens with one attached hydrogen (secondary N) is 1. The molecule has 1 N–H and O–H groups in total. The van der Waals surface area contributed by atoms with Crippen molar-refractivity contribution in [1.82, 2.24) is 18.8 Å². The number of halogens is 3. The van der Waals surface area contributed by atoms with Crippen LogP contribution in [0.25, 0.3) is 0 Å². The number of carbonyl (C=O) groups is 2. The van der Waals surface area contributed by atoms with E-state index in [1.54, 1.807) is 18.4 Å². The minimum absolute atomic E-state index is 0.0541. The molecule has 198 valence electrons. The number of esters is 1. The van der Waals surface area contributed by atoms with Crippen molar-refractivity contribution in [2.75, 3.05) is 25.5 Å². The normalized spacial score (nSPS) is 17.6. The lowest BCUT2D eigenvalue weighted by Gasteiger charge is -2.30. The summed E-state index contributed by atoms with van der Waals surface area (Å²) in [5.74, 6) is -1.67. The SMILES string of the molecule is COC(=O)C(C)(C)CCn1cnc(S(=O)(=O)N2CCC[C@@H](C(=O)Nc3ccc(C(F)(F)F)cn3)C2)c1. The molecule has 1 aliphatic heterocycles. The molecule has 0 aromatic carbocycles. The van der Waals surface area contributed by atoms with Gasteiger partial charge in [0.25, 0.3) is 10.0 Å². The first kappa shape index (κ1) is 27.6. The highest BCUT2D eigenvalue weighted by atomic mass is 32.2. The fraction of sp³-hybridized carbons (Fsp3) is 0.545. The molecule has 0 bridgehead atoms. The minimum Gasteiger partial charge on any atom is -0.469 e. The van der Waals surface area contributed by atoms with Gasteiger partial charge in [-0.25, -0.2) is 18.4 Å². The number of ether oxygens (including phenoxy) is 1. The summed E-state index contributed by atoms with van der Waals surface area (Å²) in [6.45, 7) is 3.90. The molecule has 0 aliphatic carbocycles. The van der Waals surface area contributed by atoms with Crippen molar-refractivity contribution in [2.45, 2.75) is 50.9 Å². The Morgan fingerprint density at radius 2 is 1.94 bits per heavy atom. The number of piperidine rings is 1. The van der Waals surface area contributed by atoms with Gasteiger partial charge in [-0.05, 0) is 45.2 Å². The number of carbonyl (C=O) groups excluding carboxylic acids is 2. The topological polar surface area (TPSA) is 123 Å². The van der Waals surface area contributed by atoms with Crippen molar-refractivity contribution in [3.8, 4) is 0 Å². The van der Waals surface area contributed by atoms with Gasteiger partial charge in [0.2, 0.25) is 5.91 Å². The Morgan fingerprint density at radius 1 is 1.22 bits per heavy atom. The molecule has 1 aliphatic rings. The molecule has 1 saturated heterocycles. The maximum Gasteiger partial charge on any atom is 0.417 e. The monoisotopic (exact) mass is 531 g/mol. The van der Waals surface area contributed by atoms with Crippen molar-refractivity contribution >= 4 is 27.7 Å². The highest BCUT2D eigenvalue weighted by Gasteiger charge is 2.35. The van der Waals surface area contributed by atoms with Gasteiger partial charge >= 0.3 is 12.1 Å². The van der Waals surface area contributed by atoms with E-state index in [9.17, 15) is 31.2 Å². The fourth-order valence-electron chi connectivity index (χ4n) is 3.75. The molecule has 36 heavy (non-hydrogen) atoms. The smallest absolute Gasteiger partial charge is 0.417 e. The number of aryl methyl sites for hydroxylation is 1. The Balaban J connectivity index is 1.63. The average molecular weight is 532 g/mol. The largest absolute Gasteiger partial charge is 0.469 e. The summed E-state index contributed by atoms with van der Waals surface area (Å²) in [7, 11) is -2.68. The van der Waals surface area contributed by atoms with Crippen LogP contribution in [0.2, 0.25) is 0 Å². The molecule has 2 aromatic rings. The van der Waals surface area contributed by atoms with E-state index in [1.807, 2.05) is 0 Å². The van der Waals surface area contributed by atoms with Crippen LogP contribution in [0.4, 0.5) is 19.0 Å². The van der Waals surface area contributed by atoms with Gasteiger partial charge in [0.05, 0.1) is 30.3 Å². The molecular weight excluding hydrogens is 503 g/mol. The first-order valence-electron chi connectivity index (χ1n) is 11.2. The number of amides is 1. The summed E-state index contributed by atoms with van der Waals surface area (Å²) < 4.78 is 71.9. The number of sulfonamides is 1. The zero-order valence-corrected chi connectivity index (χ0v) is 20.9. The number of aromatic nitrogens is 3. The molecule has 3 rings (SSSR count). The van der Waals surface area contributed by atoms with Gasteiger partial charge in [0.1, 0.15) is 5.82 Å². The average Bonchev–Trinajstić information content (AvgIpc) is 3.32. The Bertz CT molecular complexity index is 1200. The quantitative estimate of drug-likeness (QED) is 0.520. The van der Waals surface area contributed by atoms with Crippen molar-refractivity contribution in [1.29, 1.82) is 0 Å². The summed E-state index contributed by atoms with van der Waals surface area (Å²) in [5.41, 5.74) is -1.70. The third-order valence-electron chi connectivity index (χ3n) is 6.04. The van der Waals surface area contributed by atoms with E-state index in [0.717, 1.165) is 12.1 Å². The van der Waals surface area contributed by atoms with E-state index in [2.05, 4.69) is 15.3 Å². The lowest BCUT2D eigenvalue weighted by atomic mass is 9.89. The van der Waals surface area contributed by atoms with E-state index in [1.165, 1.54) is 23.9 Å². The number of alkyl halides is 3. The molecule has 1 amide bonds. The van der Waals surface area contributed by atoms with Crippen LogP contribution in [-0.2, 0) is 37.1 Å². The summed E-state index contributed by atoms with van der Waals surface area (Å²) in [4.78, 5) is 32.2. The van der Waals surface area contributed by atoms with Crippen LogP contribution in [-0.4, -0.2) is 59.3 Å². The van der Waals surface area contributed by atoms with Crippen molar-refractivity contribution in [3.05, 3.63) is 36.4 Å². The first-order valence-corrected chi connectivity index (χ1v) is 12.6. The number of anilines is 1. The summed E-state index contributed by atoms with van der Waals surface area (Å²) in [6, 6.07) is 1.86. The Labute approximate surface area is 206 Å². The molecule has 1 atom stereocenters. The second kappa shape index (κ2) is 10.5. The number of pyridine rings is 1. The zero-order valence-electron chi connectivity index (χ0n) is 20.1. The van der Waals surface area contributed by atoms with Crippen molar-refractivity contribution in [2.24, 2.45) is 11.3 Å². The predicted molar refractivity (Wildman–Crippen MR) is 122 cm³/mol. The van der Waals surface area contributed by atoms with Gasteiger partial charge in [-0.15, -0.1) is 0 Å². The Hall–Kier alpha value is -3.00. The third-order valence-corrected chi connectivity index (χ3v) is 7.79. The summed E-state index contributed by atoms with van der Waals surface area (Å²) >= 11 is 0. The van der Waals surface area contributed by atoms with Gasteiger partial charge < -0.3 is 14.6 Å². The number of nitrogens with zero attached hydrogens (tertiary/aromatic N) is 4. The molecule has 10 nitrogen and oxygen atoms in total. The second-order valence-corrected chi connectivity index (χ2v) is 11.1. The van der Waals surface area contributed by atoms with E-state index in [-0.39, 0.29) is 29.9 Å². The van der Waals surface area contributed by atoms with Crippen LogP contribution in [0.1, 0.15) is 38.7 Å². The number of hydrogen-bond donors (Lipinski definition) is 1. The molecule has 14 heteroatoms. The molecule has 1 fully saturated rings. The number of hydrogen-bond acceptors (Lipinski definition) is 7. The summed E-state index contributed by atoms with van der Waals surface area (Å²) in [5, 5.41) is 2.28. The van der Waals surface area contributed by atoms with Crippen LogP contribution in [0.3, 0.4) is 0 Å². The van der Waals surface area contributed by atoms with E-state index >= 15 is 0 Å². The van der Waals surface area contributed by atoms with Gasteiger partial charge in [0, 0.05) is 32.0 Å². The highest BCUT2D eigenvalue weighted by molar-refractivity contribution is 7.89. The maximum absolute atomic E-state index is 13.1. The van der Waals surface area contributed by atoms with Crippen LogP contribution in [0, 0.1) is 11.3 Å². The Morgan fingerprint density at radius 3 is 2.56 bits per heavy atom. The van der Waals surface area contributed by atoms with E-state index < -0.39 is 39.0 Å². The summed E-state index contributed by atoms with van der Waals surface area (Å²) in [6.07, 6.45) is 0.0537. The van der Waals surface area contributed by atoms with Crippen LogP contribution >= 0.6 is 0 Å². The maximum atomic E-state index is 13.1. The van der Waals surface area contributed by atoms with E-state index in [0.29, 0.717) is 32.0 Å². The van der Waals surface area contributed by atoms with Crippen LogP contribution in [0.15, 0.2) is 35.9 Å². The molecule has 2 aromatic heterocycles. The zero-order chi connectivity index (χ0) is 26.7.